The van der Waals surface area contributed by atoms with E-state index in [0.29, 0.717) is 0 Å². The third kappa shape index (κ3) is 2.09. The van der Waals surface area contributed by atoms with Crippen molar-refractivity contribution < 1.29 is 5.11 Å². The highest BCUT2D eigenvalue weighted by atomic mass is 35.5. The average molecular weight is 223 g/mol. The molecule has 0 fully saturated rings. The molecule has 0 heterocycles. The van der Waals surface area contributed by atoms with Crippen LogP contribution < -0.4 is 0 Å². The number of aliphatic hydroxyl groups is 1. The molecule has 2 heteroatoms. The lowest BCUT2D eigenvalue weighted by atomic mass is 9.97. The zero-order valence-electron chi connectivity index (χ0n) is 8.83. The average Bonchev–Trinajstić information content (AvgIpc) is 2.74. The van der Waals surface area contributed by atoms with E-state index in [2.05, 4.69) is 6.08 Å². The zero-order chi connectivity index (χ0) is 10.8. The van der Waals surface area contributed by atoms with Crippen LogP contribution in [0.15, 0.2) is 29.8 Å². The van der Waals surface area contributed by atoms with Crippen LogP contribution >= 0.6 is 11.6 Å². The SMILES string of the molecule is Cc1c(Cl)cccc1C(O)C1=CCCC1. The van der Waals surface area contributed by atoms with Gasteiger partial charge in [-0.15, -0.1) is 0 Å². The molecule has 0 aliphatic heterocycles. The predicted octanol–water partition coefficient (Wildman–Crippen LogP) is 3.79. The molecule has 1 aromatic carbocycles. The summed E-state index contributed by atoms with van der Waals surface area (Å²) in [5, 5.41) is 10.9. The van der Waals surface area contributed by atoms with Gasteiger partial charge in [0, 0.05) is 5.02 Å². The number of rotatable bonds is 2. The summed E-state index contributed by atoms with van der Waals surface area (Å²) in [6, 6.07) is 5.70. The molecular weight excluding hydrogens is 208 g/mol. The first-order chi connectivity index (χ1) is 7.20. The standard InChI is InChI=1S/C13H15ClO/c1-9-11(7-4-8-12(9)14)13(15)10-5-2-3-6-10/h4-5,7-8,13,15H,2-3,6H2,1H3. The van der Waals surface area contributed by atoms with Gasteiger partial charge in [-0.1, -0.05) is 29.8 Å². The minimum Gasteiger partial charge on any atom is -0.384 e. The third-order valence-electron chi connectivity index (χ3n) is 3.03. The van der Waals surface area contributed by atoms with Crippen LogP contribution in [0.3, 0.4) is 0 Å². The molecule has 2 rings (SSSR count). The maximum absolute atomic E-state index is 10.2. The molecule has 1 aliphatic carbocycles. The Kier molecular flexibility index (Phi) is 3.13. The summed E-state index contributed by atoms with van der Waals surface area (Å²) in [5.74, 6) is 0. The van der Waals surface area contributed by atoms with Crippen molar-refractivity contribution >= 4 is 11.6 Å². The Balaban J connectivity index is 2.32. The summed E-state index contributed by atoms with van der Waals surface area (Å²) in [6.07, 6.45) is 4.93. The number of halogens is 1. The minimum atomic E-state index is -0.466. The molecular formula is C13H15ClO. The van der Waals surface area contributed by atoms with Gasteiger partial charge in [0.15, 0.2) is 0 Å². The van der Waals surface area contributed by atoms with Gasteiger partial charge in [0.1, 0.15) is 6.10 Å². The van der Waals surface area contributed by atoms with Crippen LogP contribution in [-0.2, 0) is 0 Å². The van der Waals surface area contributed by atoms with Gasteiger partial charge in [-0.2, -0.15) is 0 Å². The summed E-state index contributed by atoms with van der Waals surface area (Å²) in [7, 11) is 0. The van der Waals surface area contributed by atoms with Crippen molar-refractivity contribution in [2.24, 2.45) is 0 Å². The lowest BCUT2D eigenvalue weighted by molar-refractivity contribution is 0.212. The molecule has 1 nitrogen and oxygen atoms in total. The first kappa shape index (κ1) is 10.7. The largest absolute Gasteiger partial charge is 0.384 e. The van der Waals surface area contributed by atoms with Gasteiger partial charge >= 0.3 is 0 Å². The van der Waals surface area contributed by atoms with E-state index in [1.807, 2.05) is 25.1 Å². The first-order valence-electron chi connectivity index (χ1n) is 5.32. The Labute approximate surface area is 95.4 Å². The van der Waals surface area contributed by atoms with Crippen molar-refractivity contribution in [3.8, 4) is 0 Å². The van der Waals surface area contributed by atoms with Crippen LogP contribution in [0, 0.1) is 6.92 Å². The van der Waals surface area contributed by atoms with Gasteiger partial charge in [-0.3, -0.25) is 0 Å². The van der Waals surface area contributed by atoms with Crippen LogP contribution in [-0.4, -0.2) is 5.11 Å². The molecule has 1 aromatic rings. The zero-order valence-corrected chi connectivity index (χ0v) is 9.59. The van der Waals surface area contributed by atoms with Gasteiger partial charge in [-0.25, -0.2) is 0 Å². The molecule has 0 spiro atoms. The van der Waals surface area contributed by atoms with Gasteiger partial charge < -0.3 is 5.11 Å². The Bertz CT molecular complexity index is 396. The molecule has 0 amide bonds. The van der Waals surface area contributed by atoms with Crippen molar-refractivity contribution in [1.29, 1.82) is 0 Å². The van der Waals surface area contributed by atoms with Gasteiger partial charge in [0.2, 0.25) is 0 Å². The topological polar surface area (TPSA) is 20.2 Å². The van der Waals surface area contributed by atoms with Crippen molar-refractivity contribution in [3.05, 3.63) is 46.0 Å². The van der Waals surface area contributed by atoms with Crippen molar-refractivity contribution in [2.45, 2.75) is 32.3 Å². The van der Waals surface area contributed by atoms with Crippen molar-refractivity contribution in [3.63, 3.8) is 0 Å². The maximum atomic E-state index is 10.2. The molecule has 1 atom stereocenters. The van der Waals surface area contributed by atoms with Gasteiger partial charge in [0.25, 0.3) is 0 Å². The van der Waals surface area contributed by atoms with Crippen LogP contribution in [0.1, 0.15) is 36.5 Å². The Morgan fingerprint density at radius 2 is 2.20 bits per heavy atom. The predicted molar refractivity (Wildman–Crippen MR) is 63.1 cm³/mol. The van der Waals surface area contributed by atoms with Crippen molar-refractivity contribution in [1.82, 2.24) is 0 Å². The van der Waals surface area contributed by atoms with E-state index in [1.165, 1.54) is 0 Å². The normalized spacial score (nSPS) is 17.7. The molecule has 0 bridgehead atoms. The smallest absolute Gasteiger partial charge is 0.100 e. The molecule has 80 valence electrons. The second kappa shape index (κ2) is 4.38. The van der Waals surface area contributed by atoms with E-state index in [9.17, 15) is 5.11 Å². The van der Waals surface area contributed by atoms with Crippen LogP contribution in [0.25, 0.3) is 0 Å². The third-order valence-corrected chi connectivity index (χ3v) is 3.44. The van der Waals surface area contributed by atoms with Crippen LogP contribution in [0.5, 0.6) is 0 Å². The molecule has 1 N–H and O–H groups in total. The van der Waals surface area contributed by atoms with Crippen LogP contribution in [0.4, 0.5) is 0 Å². The lowest BCUT2D eigenvalue weighted by Gasteiger charge is -2.15. The number of hydrogen-bond acceptors (Lipinski definition) is 1. The molecule has 1 unspecified atom stereocenters. The van der Waals surface area contributed by atoms with Gasteiger partial charge in [-0.05, 0) is 49.0 Å². The molecule has 0 radical (unpaired) electrons. The summed E-state index contributed by atoms with van der Waals surface area (Å²) >= 11 is 6.03. The van der Waals surface area contributed by atoms with E-state index in [1.54, 1.807) is 0 Å². The van der Waals surface area contributed by atoms with E-state index in [-0.39, 0.29) is 0 Å². The molecule has 1 aliphatic rings. The lowest BCUT2D eigenvalue weighted by Crippen LogP contribution is -2.02. The minimum absolute atomic E-state index is 0.466. The summed E-state index contributed by atoms with van der Waals surface area (Å²) in [6.45, 7) is 1.95. The number of aliphatic hydroxyl groups excluding tert-OH is 1. The Hall–Kier alpha value is -0.790. The quantitative estimate of drug-likeness (QED) is 0.755. The molecule has 0 saturated carbocycles. The highest BCUT2D eigenvalue weighted by Crippen LogP contribution is 2.33. The van der Waals surface area contributed by atoms with Crippen LogP contribution in [0.2, 0.25) is 5.02 Å². The molecule has 15 heavy (non-hydrogen) atoms. The van der Waals surface area contributed by atoms with Crippen molar-refractivity contribution in [2.75, 3.05) is 0 Å². The maximum Gasteiger partial charge on any atom is 0.100 e. The van der Waals surface area contributed by atoms with E-state index in [0.717, 1.165) is 41.0 Å². The highest BCUT2D eigenvalue weighted by Gasteiger charge is 2.18. The second-order valence-corrected chi connectivity index (χ2v) is 4.44. The highest BCUT2D eigenvalue weighted by molar-refractivity contribution is 6.31. The van der Waals surface area contributed by atoms with Gasteiger partial charge in [0.05, 0.1) is 0 Å². The summed E-state index contributed by atoms with van der Waals surface area (Å²) in [5.41, 5.74) is 3.07. The Morgan fingerprint density at radius 1 is 1.40 bits per heavy atom. The molecule has 0 aromatic heterocycles. The number of hydrogen-bond donors (Lipinski definition) is 1. The fourth-order valence-corrected chi connectivity index (χ4v) is 2.25. The summed E-state index contributed by atoms with van der Waals surface area (Å²) in [4.78, 5) is 0. The fraction of sp³-hybridized carbons (Fsp3) is 0.385. The number of benzene rings is 1. The van der Waals surface area contributed by atoms with E-state index in [4.69, 9.17) is 11.6 Å². The fourth-order valence-electron chi connectivity index (χ4n) is 2.06. The van der Waals surface area contributed by atoms with E-state index < -0.39 is 6.10 Å². The summed E-state index contributed by atoms with van der Waals surface area (Å²) < 4.78 is 0. The Morgan fingerprint density at radius 3 is 2.87 bits per heavy atom. The molecule has 0 saturated heterocycles. The first-order valence-corrected chi connectivity index (χ1v) is 5.70. The number of allylic oxidation sites excluding steroid dienone is 1. The second-order valence-electron chi connectivity index (χ2n) is 4.03. The monoisotopic (exact) mass is 222 g/mol. The van der Waals surface area contributed by atoms with E-state index >= 15 is 0 Å².